The summed E-state index contributed by atoms with van der Waals surface area (Å²) in [6.07, 6.45) is 3.58. The molecule has 1 aliphatic heterocycles. The molecule has 0 radical (unpaired) electrons. The second-order valence-corrected chi connectivity index (χ2v) is 10.2. The molecule has 6 rings (SSSR count). The molecule has 3 heterocycles. The van der Waals surface area contributed by atoms with Crippen molar-refractivity contribution in [3.8, 4) is 11.4 Å². The number of hydrogen-bond donors (Lipinski definition) is 1. The second-order valence-electron chi connectivity index (χ2n) is 8.74. The lowest BCUT2D eigenvalue weighted by molar-refractivity contribution is -0.113. The number of rotatable bonds is 6. The number of aryl methyl sites for hydroxylation is 1. The van der Waals surface area contributed by atoms with Crippen molar-refractivity contribution < 1.29 is 9.53 Å². The molecule has 7 nitrogen and oxygen atoms in total. The molecule has 0 saturated carbocycles. The zero-order chi connectivity index (χ0) is 26.9. The minimum absolute atomic E-state index is 0.263. The van der Waals surface area contributed by atoms with E-state index in [1.54, 1.807) is 43.3 Å². The topological polar surface area (TPSA) is 72.6 Å². The fraction of sp³-hybridized carbons (Fsp3) is 0.0667. The van der Waals surface area contributed by atoms with E-state index in [1.165, 1.54) is 4.90 Å². The molecule has 1 aliphatic rings. The number of amidine groups is 1. The van der Waals surface area contributed by atoms with E-state index in [-0.39, 0.29) is 16.8 Å². The molecule has 9 heteroatoms. The Balaban J connectivity index is 1.48. The number of amides is 1. The van der Waals surface area contributed by atoms with E-state index >= 15 is 0 Å². The average Bonchev–Trinajstić information content (AvgIpc) is 3.43. The molecule has 0 aliphatic carbocycles. The molecule has 192 valence electrons. The number of carbonyl (C=O) groups excluding carboxylic acids is 1. The number of benzene rings is 3. The van der Waals surface area contributed by atoms with Crippen molar-refractivity contribution in [2.45, 2.75) is 16.8 Å². The quantitative estimate of drug-likeness (QED) is 0.192. The number of hydrogen-bond acceptors (Lipinski definition) is 6. The molecular weight excluding hydrogens is 526 g/mol. The van der Waals surface area contributed by atoms with E-state index in [1.807, 2.05) is 84.4 Å². The first-order valence-corrected chi connectivity index (χ1v) is 13.4. The van der Waals surface area contributed by atoms with E-state index in [4.69, 9.17) is 9.84 Å². The SMILES string of the molecule is COc1ccccc1N1C(=O)/C(=C\c2c(C)nn(-c3ccccc3)c2Sc2cccc3cccnc23)N=C1S. The Hall–Kier alpha value is -4.34. The Bertz CT molecular complexity index is 1770. The van der Waals surface area contributed by atoms with Crippen LogP contribution >= 0.6 is 24.4 Å². The summed E-state index contributed by atoms with van der Waals surface area (Å²) in [4.78, 5) is 25.2. The maximum absolute atomic E-state index is 13.6. The number of aromatic nitrogens is 3. The van der Waals surface area contributed by atoms with E-state index in [0.717, 1.165) is 37.8 Å². The van der Waals surface area contributed by atoms with Crippen LogP contribution < -0.4 is 9.64 Å². The van der Waals surface area contributed by atoms with Gasteiger partial charge in [-0.15, -0.1) is 12.6 Å². The highest BCUT2D eigenvalue weighted by atomic mass is 32.2. The van der Waals surface area contributed by atoms with Gasteiger partial charge in [0.25, 0.3) is 5.91 Å². The maximum atomic E-state index is 13.6. The van der Waals surface area contributed by atoms with Crippen LogP contribution in [0.15, 0.2) is 112 Å². The zero-order valence-electron chi connectivity index (χ0n) is 21.1. The summed E-state index contributed by atoms with van der Waals surface area (Å²) >= 11 is 6.08. The van der Waals surface area contributed by atoms with Crippen LogP contribution in [0, 0.1) is 6.92 Å². The molecule has 0 atom stereocenters. The zero-order valence-corrected chi connectivity index (χ0v) is 22.9. The first-order chi connectivity index (χ1) is 19.0. The van der Waals surface area contributed by atoms with Gasteiger partial charge in [-0.2, -0.15) is 5.10 Å². The predicted molar refractivity (Wildman–Crippen MR) is 159 cm³/mol. The van der Waals surface area contributed by atoms with Crippen molar-refractivity contribution in [3.05, 3.63) is 108 Å². The predicted octanol–water partition coefficient (Wildman–Crippen LogP) is 6.56. The molecule has 1 amide bonds. The number of para-hydroxylation sites is 4. The third kappa shape index (κ3) is 4.60. The lowest BCUT2D eigenvalue weighted by Crippen LogP contribution is -2.29. The Kier molecular flexibility index (Phi) is 6.68. The van der Waals surface area contributed by atoms with Crippen LogP contribution in [0.3, 0.4) is 0 Å². The highest BCUT2D eigenvalue weighted by Crippen LogP contribution is 2.39. The van der Waals surface area contributed by atoms with Crippen LogP contribution in [0.5, 0.6) is 5.75 Å². The van der Waals surface area contributed by atoms with Gasteiger partial charge in [0.1, 0.15) is 16.5 Å². The van der Waals surface area contributed by atoms with Crippen LogP contribution in [-0.2, 0) is 4.79 Å². The van der Waals surface area contributed by atoms with Crippen molar-refractivity contribution in [3.63, 3.8) is 0 Å². The fourth-order valence-corrected chi connectivity index (χ4v) is 5.94. The second kappa shape index (κ2) is 10.4. The van der Waals surface area contributed by atoms with Crippen LogP contribution in [-0.4, -0.2) is 32.9 Å². The van der Waals surface area contributed by atoms with Crippen LogP contribution in [0.1, 0.15) is 11.3 Å². The first kappa shape index (κ1) is 25.0. The number of anilines is 1. The van der Waals surface area contributed by atoms with Gasteiger partial charge < -0.3 is 4.74 Å². The summed E-state index contributed by atoms with van der Waals surface area (Å²) in [5.41, 5.74) is 4.22. The number of aliphatic imine (C=N–C) groups is 1. The Morgan fingerprint density at radius 3 is 2.54 bits per heavy atom. The van der Waals surface area contributed by atoms with Crippen molar-refractivity contribution in [2.75, 3.05) is 12.0 Å². The summed E-state index contributed by atoms with van der Waals surface area (Å²) < 4.78 is 7.37. The summed E-state index contributed by atoms with van der Waals surface area (Å²) in [5.74, 6) is 0.265. The molecule has 0 saturated heterocycles. The average molecular weight is 550 g/mol. The summed E-state index contributed by atoms with van der Waals surface area (Å²) in [6.45, 7) is 1.93. The van der Waals surface area contributed by atoms with Gasteiger partial charge in [0, 0.05) is 22.0 Å². The lowest BCUT2D eigenvalue weighted by Gasteiger charge is -2.18. The van der Waals surface area contributed by atoms with Gasteiger partial charge in [-0.1, -0.05) is 60.3 Å². The summed E-state index contributed by atoms with van der Waals surface area (Å²) in [7, 11) is 1.57. The summed E-state index contributed by atoms with van der Waals surface area (Å²) in [5, 5.41) is 7.04. The number of fused-ring (bicyclic) bond motifs is 1. The molecule has 0 spiro atoms. The molecular formula is C30H23N5O2S2. The van der Waals surface area contributed by atoms with E-state index in [9.17, 15) is 4.79 Å². The standard InChI is InChI=1S/C30H23N5O2S2/c1-19-22(18-23-28(36)34(30(38)32-23)24-14-6-7-15-25(24)37-2)29(35(33-19)21-12-4-3-5-13-21)39-26-16-8-10-20-11-9-17-31-27(20)26/h3-18H,1-2H3,(H,32,38)/b23-18+. The van der Waals surface area contributed by atoms with Crippen molar-refractivity contribution in [1.82, 2.24) is 14.8 Å². The Morgan fingerprint density at radius 1 is 0.949 bits per heavy atom. The third-order valence-electron chi connectivity index (χ3n) is 6.32. The number of thiol groups is 1. The molecule has 3 aromatic carbocycles. The molecule has 0 unspecified atom stereocenters. The van der Waals surface area contributed by atoms with Crippen LogP contribution in [0.4, 0.5) is 5.69 Å². The van der Waals surface area contributed by atoms with Gasteiger partial charge in [0.05, 0.1) is 29.7 Å². The molecule has 0 fully saturated rings. The third-order valence-corrected chi connectivity index (χ3v) is 7.75. The van der Waals surface area contributed by atoms with Gasteiger partial charge in [-0.05, 0) is 49.4 Å². The fourth-order valence-electron chi connectivity index (χ4n) is 4.46. The largest absolute Gasteiger partial charge is 0.495 e. The number of methoxy groups -OCH3 is 1. The monoisotopic (exact) mass is 549 g/mol. The van der Waals surface area contributed by atoms with Gasteiger partial charge >= 0.3 is 0 Å². The van der Waals surface area contributed by atoms with Gasteiger partial charge in [-0.25, -0.2) is 9.67 Å². The Labute approximate surface area is 235 Å². The maximum Gasteiger partial charge on any atom is 0.283 e. The minimum Gasteiger partial charge on any atom is -0.495 e. The lowest BCUT2D eigenvalue weighted by atomic mass is 10.2. The summed E-state index contributed by atoms with van der Waals surface area (Å²) in [6, 6.07) is 27.3. The first-order valence-electron chi connectivity index (χ1n) is 12.2. The minimum atomic E-state index is -0.292. The van der Waals surface area contributed by atoms with Crippen molar-refractivity contribution in [1.29, 1.82) is 0 Å². The number of ether oxygens (including phenoxy) is 1. The normalized spacial score (nSPS) is 14.3. The smallest absolute Gasteiger partial charge is 0.283 e. The van der Waals surface area contributed by atoms with Gasteiger partial charge in [-0.3, -0.25) is 14.7 Å². The van der Waals surface area contributed by atoms with Crippen LogP contribution in [0.2, 0.25) is 0 Å². The number of pyridine rings is 1. The molecule has 39 heavy (non-hydrogen) atoms. The van der Waals surface area contributed by atoms with Crippen molar-refractivity contribution >= 4 is 58.1 Å². The molecule has 0 bridgehead atoms. The highest BCUT2D eigenvalue weighted by molar-refractivity contribution is 7.99. The van der Waals surface area contributed by atoms with E-state index in [0.29, 0.717) is 11.4 Å². The molecule has 5 aromatic rings. The van der Waals surface area contributed by atoms with Crippen molar-refractivity contribution in [2.24, 2.45) is 4.99 Å². The number of nitrogens with zero attached hydrogens (tertiary/aromatic N) is 5. The van der Waals surface area contributed by atoms with E-state index < -0.39 is 0 Å². The Morgan fingerprint density at radius 2 is 1.72 bits per heavy atom. The molecule has 2 aromatic heterocycles. The number of carbonyl (C=O) groups is 1. The van der Waals surface area contributed by atoms with E-state index in [2.05, 4.69) is 22.6 Å². The van der Waals surface area contributed by atoms with Gasteiger partial charge in [0.2, 0.25) is 0 Å². The van der Waals surface area contributed by atoms with Gasteiger partial charge in [0.15, 0.2) is 5.17 Å². The molecule has 0 N–H and O–H groups in total. The van der Waals surface area contributed by atoms with Crippen LogP contribution in [0.25, 0.3) is 22.7 Å². The highest BCUT2D eigenvalue weighted by Gasteiger charge is 2.32.